The van der Waals surface area contributed by atoms with Crippen molar-refractivity contribution in [2.45, 2.75) is 12.1 Å². The van der Waals surface area contributed by atoms with E-state index in [0.29, 0.717) is 16.4 Å². The summed E-state index contributed by atoms with van der Waals surface area (Å²) in [6.07, 6.45) is 4.20. The van der Waals surface area contributed by atoms with Crippen molar-refractivity contribution < 1.29 is 0 Å². The molecule has 5 aromatic rings. The summed E-state index contributed by atoms with van der Waals surface area (Å²) in [5.74, 6) is 0.709. The standard InChI is InChI=1S/C26H21N3OS/c1-18-10-5-8-16-22(18)29-25(30)24-23(20-14-6-7-15-21(20)27-24)28-26(29)31-17-9-13-19-11-3-2-4-12-19/h2-16,27H,17H2,1H3/b13-9+. The van der Waals surface area contributed by atoms with Crippen LogP contribution in [-0.4, -0.2) is 20.3 Å². The first kappa shape index (κ1) is 19.4. The number of para-hydroxylation sites is 2. The smallest absolute Gasteiger partial charge is 0.283 e. The Kier molecular flexibility index (Phi) is 5.18. The Morgan fingerprint density at radius 2 is 1.71 bits per heavy atom. The second-order valence-corrected chi connectivity index (χ2v) is 8.33. The van der Waals surface area contributed by atoms with Gasteiger partial charge in [0.15, 0.2) is 5.16 Å². The molecule has 5 rings (SSSR count). The molecule has 0 aliphatic rings. The fraction of sp³-hybridized carbons (Fsp3) is 0.0769. The van der Waals surface area contributed by atoms with Gasteiger partial charge in [0.2, 0.25) is 0 Å². The van der Waals surface area contributed by atoms with Crippen molar-refractivity contribution in [1.29, 1.82) is 0 Å². The number of hydrogen-bond donors (Lipinski definition) is 1. The van der Waals surface area contributed by atoms with Gasteiger partial charge in [-0.1, -0.05) is 90.6 Å². The van der Waals surface area contributed by atoms with E-state index in [2.05, 4.69) is 29.3 Å². The number of hydrogen-bond acceptors (Lipinski definition) is 3. The lowest BCUT2D eigenvalue weighted by Gasteiger charge is -2.13. The van der Waals surface area contributed by atoms with Gasteiger partial charge in [0.25, 0.3) is 5.56 Å². The average molecular weight is 424 g/mol. The minimum absolute atomic E-state index is 0.0787. The van der Waals surface area contributed by atoms with Gasteiger partial charge in [-0.2, -0.15) is 0 Å². The number of nitrogens with one attached hydrogen (secondary N) is 1. The van der Waals surface area contributed by atoms with Crippen LogP contribution in [0, 0.1) is 6.92 Å². The molecular weight excluding hydrogens is 402 g/mol. The third-order valence-corrected chi connectivity index (χ3v) is 6.16. The molecule has 0 saturated heterocycles. The van der Waals surface area contributed by atoms with Gasteiger partial charge in [-0.05, 0) is 30.2 Å². The van der Waals surface area contributed by atoms with E-state index in [1.807, 2.05) is 73.7 Å². The number of rotatable bonds is 5. The second-order valence-electron chi connectivity index (χ2n) is 7.34. The Morgan fingerprint density at radius 3 is 2.55 bits per heavy atom. The Labute approximate surface area is 184 Å². The zero-order valence-electron chi connectivity index (χ0n) is 17.1. The lowest BCUT2D eigenvalue weighted by Crippen LogP contribution is -2.22. The van der Waals surface area contributed by atoms with Crippen LogP contribution in [0.3, 0.4) is 0 Å². The van der Waals surface area contributed by atoms with Crippen molar-refractivity contribution in [3.8, 4) is 5.69 Å². The van der Waals surface area contributed by atoms with Gasteiger partial charge in [0.05, 0.1) is 5.69 Å². The maximum atomic E-state index is 13.6. The SMILES string of the molecule is Cc1ccccc1-n1c(SC/C=C/c2ccccc2)nc2c([nH]c3ccccc32)c1=O. The van der Waals surface area contributed by atoms with Crippen LogP contribution in [-0.2, 0) is 0 Å². The van der Waals surface area contributed by atoms with Crippen molar-refractivity contribution in [3.05, 3.63) is 106 Å². The molecule has 152 valence electrons. The summed E-state index contributed by atoms with van der Waals surface area (Å²) in [6, 6.07) is 26.0. The third-order valence-electron chi connectivity index (χ3n) is 5.27. The summed E-state index contributed by atoms with van der Waals surface area (Å²) in [7, 11) is 0. The van der Waals surface area contributed by atoms with E-state index in [9.17, 15) is 4.79 Å². The summed E-state index contributed by atoms with van der Waals surface area (Å²) in [6.45, 7) is 2.01. The molecule has 0 aliphatic carbocycles. The summed E-state index contributed by atoms with van der Waals surface area (Å²) in [5, 5.41) is 1.66. The number of fused-ring (bicyclic) bond motifs is 3. The van der Waals surface area contributed by atoms with Crippen molar-refractivity contribution in [2.24, 2.45) is 0 Å². The van der Waals surface area contributed by atoms with Gasteiger partial charge < -0.3 is 4.98 Å². The van der Waals surface area contributed by atoms with Crippen molar-refractivity contribution in [3.63, 3.8) is 0 Å². The highest BCUT2D eigenvalue weighted by atomic mass is 32.2. The number of aromatic nitrogens is 3. The largest absolute Gasteiger partial charge is 0.349 e. The molecule has 0 aliphatic heterocycles. The zero-order chi connectivity index (χ0) is 21.2. The molecule has 1 N–H and O–H groups in total. The predicted molar refractivity (Wildman–Crippen MR) is 130 cm³/mol. The Balaban J connectivity index is 1.63. The molecule has 4 nitrogen and oxygen atoms in total. The van der Waals surface area contributed by atoms with E-state index in [4.69, 9.17) is 4.98 Å². The zero-order valence-corrected chi connectivity index (χ0v) is 17.9. The third kappa shape index (κ3) is 3.68. The van der Waals surface area contributed by atoms with E-state index in [-0.39, 0.29) is 5.56 Å². The summed E-state index contributed by atoms with van der Waals surface area (Å²) >= 11 is 1.56. The predicted octanol–water partition coefficient (Wildman–Crippen LogP) is 5.98. The van der Waals surface area contributed by atoms with Crippen molar-refractivity contribution in [1.82, 2.24) is 14.5 Å². The van der Waals surface area contributed by atoms with Gasteiger partial charge in [-0.25, -0.2) is 4.98 Å². The van der Waals surface area contributed by atoms with E-state index in [1.165, 1.54) is 0 Å². The quantitative estimate of drug-likeness (QED) is 0.279. The Bertz CT molecular complexity index is 1470. The molecule has 31 heavy (non-hydrogen) atoms. The van der Waals surface area contributed by atoms with Crippen LogP contribution < -0.4 is 5.56 Å². The van der Waals surface area contributed by atoms with Gasteiger partial charge in [0.1, 0.15) is 11.0 Å². The van der Waals surface area contributed by atoms with Gasteiger partial charge in [-0.3, -0.25) is 9.36 Å². The number of aryl methyl sites for hydroxylation is 1. The van der Waals surface area contributed by atoms with Crippen LogP contribution in [0.1, 0.15) is 11.1 Å². The molecule has 0 saturated carbocycles. The van der Waals surface area contributed by atoms with E-state index in [1.54, 1.807) is 16.3 Å². The lowest BCUT2D eigenvalue weighted by atomic mass is 10.2. The van der Waals surface area contributed by atoms with Gasteiger partial charge >= 0.3 is 0 Å². The summed E-state index contributed by atoms with van der Waals surface area (Å²) in [5.41, 5.74) is 5.14. The first-order chi connectivity index (χ1) is 15.2. The maximum Gasteiger partial charge on any atom is 0.283 e. The molecular formula is C26H21N3OS. The molecule has 0 fully saturated rings. The number of nitrogens with zero attached hydrogens (tertiary/aromatic N) is 2. The molecule has 0 unspecified atom stereocenters. The molecule has 0 atom stereocenters. The number of benzene rings is 3. The maximum absolute atomic E-state index is 13.6. The van der Waals surface area contributed by atoms with E-state index < -0.39 is 0 Å². The second kappa shape index (κ2) is 8.28. The summed E-state index contributed by atoms with van der Waals surface area (Å²) < 4.78 is 1.73. The highest BCUT2D eigenvalue weighted by molar-refractivity contribution is 7.99. The van der Waals surface area contributed by atoms with Gasteiger partial charge in [0, 0.05) is 16.7 Å². The molecule has 0 amide bonds. The Morgan fingerprint density at radius 1 is 0.968 bits per heavy atom. The molecule has 0 spiro atoms. The molecule has 3 aromatic carbocycles. The van der Waals surface area contributed by atoms with Crippen LogP contribution in [0.5, 0.6) is 0 Å². The minimum atomic E-state index is -0.0787. The topological polar surface area (TPSA) is 50.7 Å². The summed E-state index contributed by atoms with van der Waals surface area (Å²) in [4.78, 5) is 21.8. The van der Waals surface area contributed by atoms with Crippen LogP contribution >= 0.6 is 11.8 Å². The van der Waals surface area contributed by atoms with E-state index >= 15 is 0 Å². The average Bonchev–Trinajstić information content (AvgIpc) is 3.18. The number of aromatic amines is 1. The molecule has 0 bridgehead atoms. The van der Waals surface area contributed by atoms with Gasteiger partial charge in [-0.15, -0.1) is 0 Å². The number of H-pyrrole nitrogens is 1. The van der Waals surface area contributed by atoms with Crippen LogP contribution in [0.25, 0.3) is 33.7 Å². The highest BCUT2D eigenvalue weighted by Gasteiger charge is 2.17. The molecule has 2 aromatic heterocycles. The molecule has 2 heterocycles. The Hall–Kier alpha value is -3.57. The fourth-order valence-electron chi connectivity index (χ4n) is 3.74. The van der Waals surface area contributed by atoms with Crippen molar-refractivity contribution >= 4 is 39.8 Å². The normalized spacial score (nSPS) is 11.6. The minimum Gasteiger partial charge on any atom is -0.349 e. The lowest BCUT2D eigenvalue weighted by molar-refractivity contribution is 0.814. The highest BCUT2D eigenvalue weighted by Crippen LogP contribution is 2.27. The first-order valence-corrected chi connectivity index (χ1v) is 11.1. The van der Waals surface area contributed by atoms with Crippen LogP contribution in [0.2, 0.25) is 0 Å². The van der Waals surface area contributed by atoms with Crippen LogP contribution in [0.4, 0.5) is 0 Å². The van der Waals surface area contributed by atoms with E-state index in [0.717, 1.165) is 33.2 Å². The fourth-order valence-corrected chi connectivity index (χ4v) is 4.54. The molecule has 0 radical (unpaired) electrons. The number of thioether (sulfide) groups is 1. The molecule has 5 heteroatoms. The van der Waals surface area contributed by atoms with Crippen molar-refractivity contribution in [2.75, 3.05) is 5.75 Å². The first-order valence-electron chi connectivity index (χ1n) is 10.2. The van der Waals surface area contributed by atoms with Crippen LogP contribution in [0.15, 0.2) is 94.9 Å². The monoisotopic (exact) mass is 423 g/mol.